The fourth-order valence-corrected chi connectivity index (χ4v) is 3.63. The van der Waals surface area contributed by atoms with Crippen LogP contribution in [0.3, 0.4) is 0 Å². The third-order valence-electron chi connectivity index (χ3n) is 5.20. The van der Waals surface area contributed by atoms with E-state index in [2.05, 4.69) is 5.32 Å². The Morgan fingerprint density at radius 3 is 2.61 bits per heavy atom. The minimum atomic E-state index is -0.396. The van der Waals surface area contributed by atoms with Gasteiger partial charge >= 0.3 is 0 Å². The molecule has 1 aliphatic heterocycles. The van der Waals surface area contributed by atoms with Gasteiger partial charge in [-0.1, -0.05) is 60.7 Å². The molecule has 1 aromatic heterocycles. The number of carbonyl (C=O) groups excluding carboxylic acids is 1. The Morgan fingerprint density at radius 1 is 1.19 bits per heavy atom. The molecule has 1 N–H and O–H groups in total. The number of nitrogens with one attached hydrogen (secondary N) is 1. The molecule has 156 valence electrons. The van der Waals surface area contributed by atoms with Crippen molar-refractivity contribution in [2.24, 2.45) is 0 Å². The maximum Gasteiger partial charge on any atom is 0.262 e. The van der Waals surface area contributed by atoms with Crippen molar-refractivity contribution in [3.05, 3.63) is 83.6 Å². The molecule has 4 rings (SSSR count). The number of hydrogen-bond donors (Lipinski definition) is 1. The lowest BCUT2D eigenvalue weighted by Gasteiger charge is -2.10. The van der Waals surface area contributed by atoms with Gasteiger partial charge in [-0.2, -0.15) is 10.4 Å². The molecule has 0 unspecified atom stereocenters. The molecule has 1 amide bonds. The number of rotatable bonds is 7. The number of aromatic nitrogens is 2. The molecule has 0 bridgehead atoms. The van der Waals surface area contributed by atoms with Crippen LogP contribution in [0.4, 0.5) is 0 Å². The van der Waals surface area contributed by atoms with Crippen molar-refractivity contribution in [3.8, 4) is 17.3 Å². The molecule has 6 heteroatoms. The minimum absolute atomic E-state index is 0.0254. The van der Waals surface area contributed by atoms with Crippen LogP contribution >= 0.6 is 0 Å². The van der Waals surface area contributed by atoms with E-state index >= 15 is 0 Å². The molecule has 6 nitrogen and oxygen atoms in total. The largest absolute Gasteiger partial charge is 0.376 e. The van der Waals surface area contributed by atoms with Crippen LogP contribution in [0.2, 0.25) is 0 Å². The van der Waals surface area contributed by atoms with Crippen LogP contribution in [0, 0.1) is 11.3 Å². The number of carbonyl (C=O) groups is 1. The van der Waals surface area contributed by atoms with Crippen LogP contribution in [0.15, 0.2) is 72.4 Å². The first-order valence-corrected chi connectivity index (χ1v) is 10.4. The number of hydrogen-bond acceptors (Lipinski definition) is 4. The summed E-state index contributed by atoms with van der Waals surface area (Å²) in [6.07, 6.45) is 5.44. The molecule has 0 aliphatic carbocycles. The monoisotopic (exact) mass is 412 g/mol. The highest BCUT2D eigenvalue weighted by molar-refractivity contribution is 6.02. The van der Waals surface area contributed by atoms with E-state index in [1.54, 1.807) is 6.08 Å². The molecule has 1 saturated heterocycles. The maximum absolute atomic E-state index is 12.6. The lowest BCUT2D eigenvalue weighted by Crippen LogP contribution is -2.32. The van der Waals surface area contributed by atoms with E-state index in [4.69, 9.17) is 9.84 Å². The van der Waals surface area contributed by atoms with Crippen molar-refractivity contribution in [2.45, 2.75) is 25.5 Å². The SMILES string of the molecule is N#C/C(=C\c1cn(Cc2ccccc2)nc1-c1ccccc1)C(=O)NC[C@H]1CCCO1. The zero-order valence-corrected chi connectivity index (χ0v) is 17.2. The van der Waals surface area contributed by atoms with E-state index in [0.29, 0.717) is 13.1 Å². The van der Waals surface area contributed by atoms with Gasteiger partial charge in [0.2, 0.25) is 0 Å². The van der Waals surface area contributed by atoms with E-state index in [1.807, 2.05) is 77.6 Å². The fourth-order valence-electron chi connectivity index (χ4n) is 3.63. The van der Waals surface area contributed by atoms with E-state index < -0.39 is 5.91 Å². The Morgan fingerprint density at radius 2 is 1.94 bits per heavy atom. The van der Waals surface area contributed by atoms with Crippen LogP contribution in [-0.2, 0) is 16.1 Å². The van der Waals surface area contributed by atoms with Gasteiger partial charge in [0.1, 0.15) is 11.6 Å². The number of benzene rings is 2. The molecule has 0 spiro atoms. The minimum Gasteiger partial charge on any atom is -0.376 e. The maximum atomic E-state index is 12.6. The van der Waals surface area contributed by atoms with E-state index in [9.17, 15) is 10.1 Å². The van der Waals surface area contributed by atoms with Gasteiger partial charge in [0.05, 0.1) is 18.3 Å². The lowest BCUT2D eigenvalue weighted by molar-refractivity contribution is -0.117. The van der Waals surface area contributed by atoms with Crippen LogP contribution in [-0.4, -0.2) is 34.9 Å². The zero-order valence-electron chi connectivity index (χ0n) is 17.2. The fraction of sp³-hybridized carbons (Fsp3) is 0.240. The predicted octanol–water partition coefficient (Wildman–Crippen LogP) is 3.80. The highest BCUT2D eigenvalue weighted by Gasteiger charge is 2.18. The van der Waals surface area contributed by atoms with Gasteiger partial charge in [-0.05, 0) is 24.5 Å². The average molecular weight is 412 g/mol. The number of nitrogens with zero attached hydrogens (tertiary/aromatic N) is 3. The second kappa shape index (κ2) is 9.88. The summed E-state index contributed by atoms with van der Waals surface area (Å²) < 4.78 is 7.38. The van der Waals surface area contributed by atoms with Gasteiger partial charge in [-0.3, -0.25) is 9.48 Å². The van der Waals surface area contributed by atoms with E-state index in [-0.39, 0.29) is 11.7 Å². The second-order valence-corrected chi connectivity index (χ2v) is 7.50. The summed E-state index contributed by atoms with van der Waals surface area (Å²) in [4.78, 5) is 12.6. The number of ether oxygens (including phenoxy) is 1. The quantitative estimate of drug-likeness (QED) is 0.473. The highest BCUT2D eigenvalue weighted by atomic mass is 16.5. The van der Waals surface area contributed by atoms with Crippen LogP contribution in [0.1, 0.15) is 24.0 Å². The topological polar surface area (TPSA) is 79.9 Å². The highest BCUT2D eigenvalue weighted by Crippen LogP contribution is 2.24. The molecule has 0 saturated carbocycles. The molecule has 1 atom stereocenters. The van der Waals surface area contributed by atoms with E-state index in [1.165, 1.54) is 0 Å². The summed E-state index contributed by atoms with van der Waals surface area (Å²) in [5.41, 5.74) is 3.56. The van der Waals surface area contributed by atoms with Crippen molar-refractivity contribution in [2.75, 3.05) is 13.2 Å². The first-order valence-electron chi connectivity index (χ1n) is 10.4. The molecule has 0 radical (unpaired) electrons. The normalized spacial score (nSPS) is 16.1. The van der Waals surface area contributed by atoms with Gasteiger partial charge in [-0.25, -0.2) is 0 Å². The molecular weight excluding hydrogens is 388 g/mol. The standard InChI is InChI=1S/C25H24N4O2/c26-15-21(25(30)27-16-23-12-7-13-31-23)14-22-18-29(17-19-8-3-1-4-9-19)28-24(22)20-10-5-2-6-11-20/h1-6,8-11,14,18,23H,7,12-13,16-17H2,(H,27,30)/b21-14+/t23-/m1/s1. The zero-order chi connectivity index (χ0) is 21.5. The summed E-state index contributed by atoms with van der Waals surface area (Å²) in [6.45, 7) is 1.74. The smallest absolute Gasteiger partial charge is 0.262 e. The van der Waals surface area contributed by atoms with Crippen molar-refractivity contribution in [1.82, 2.24) is 15.1 Å². The number of amides is 1. The van der Waals surface area contributed by atoms with Crippen molar-refractivity contribution in [1.29, 1.82) is 5.26 Å². The van der Waals surface area contributed by atoms with Gasteiger partial charge in [0.15, 0.2) is 0 Å². The molecule has 1 fully saturated rings. The van der Waals surface area contributed by atoms with Crippen LogP contribution in [0.5, 0.6) is 0 Å². The molecule has 2 aromatic carbocycles. The van der Waals surface area contributed by atoms with Crippen molar-refractivity contribution < 1.29 is 9.53 Å². The predicted molar refractivity (Wildman–Crippen MR) is 119 cm³/mol. The first kappa shape index (κ1) is 20.6. The second-order valence-electron chi connectivity index (χ2n) is 7.50. The summed E-state index contributed by atoms with van der Waals surface area (Å²) >= 11 is 0. The Bertz CT molecular complexity index is 1090. The van der Waals surface area contributed by atoms with Gasteiger partial charge < -0.3 is 10.1 Å². The first-order chi connectivity index (χ1) is 15.2. The van der Waals surface area contributed by atoms with Crippen LogP contribution in [0.25, 0.3) is 17.3 Å². The summed E-state index contributed by atoms with van der Waals surface area (Å²) in [5.74, 6) is -0.396. The average Bonchev–Trinajstić information content (AvgIpc) is 3.47. The summed E-state index contributed by atoms with van der Waals surface area (Å²) in [6, 6.07) is 21.8. The third kappa shape index (κ3) is 5.27. The van der Waals surface area contributed by atoms with E-state index in [0.717, 1.165) is 41.8 Å². The molecular formula is C25H24N4O2. The lowest BCUT2D eigenvalue weighted by atomic mass is 10.1. The summed E-state index contributed by atoms with van der Waals surface area (Å²) in [5, 5.41) is 17.2. The molecule has 31 heavy (non-hydrogen) atoms. The van der Waals surface area contributed by atoms with Gasteiger partial charge in [0, 0.05) is 30.5 Å². The third-order valence-corrected chi connectivity index (χ3v) is 5.20. The Balaban J connectivity index is 1.61. The number of nitriles is 1. The Labute approximate surface area is 181 Å². The molecule has 3 aromatic rings. The van der Waals surface area contributed by atoms with Crippen molar-refractivity contribution in [3.63, 3.8) is 0 Å². The summed E-state index contributed by atoms with van der Waals surface area (Å²) in [7, 11) is 0. The van der Waals surface area contributed by atoms with Crippen molar-refractivity contribution >= 4 is 12.0 Å². The molecule has 2 heterocycles. The Hall–Kier alpha value is -3.69. The van der Waals surface area contributed by atoms with Gasteiger partial charge in [-0.15, -0.1) is 0 Å². The Kier molecular flexibility index (Phi) is 6.56. The molecule has 1 aliphatic rings. The van der Waals surface area contributed by atoms with Gasteiger partial charge in [0.25, 0.3) is 5.91 Å². The van der Waals surface area contributed by atoms with Crippen LogP contribution < -0.4 is 5.32 Å².